The van der Waals surface area contributed by atoms with Crippen LogP contribution in [0.1, 0.15) is 36.6 Å². The number of aromatic amines is 1. The van der Waals surface area contributed by atoms with Crippen molar-refractivity contribution >= 4 is 49.9 Å². The van der Waals surface area contributed by atoms with Crippen molar-refractivity contribution in [3.05, 3.63) is 35.1 Å². The Balaban J connectivity index is 1.29. The van der Waals surface area contributed by atoms with Gasteiger partial charge >= 0.3 is 0 Å². The smallest absolute Gasteiger partial charge is 0.226 e. The van der Waals surface area contributed by atoms with Gasteiger partial charge in [0.25, 0.3) is 0 Å². The number of hydrogen-bond donors (Lipinski definition) is 2. The number of carbonyl (C=O) groups excluding carboxylic acids is 1. The average molecular weight is 502 g/mol. The summed E-state index contributed by atoms with van der Waals surface area (Å²) in [5.41, 5.74) is 2.97. The SMILES string of the molecule is CCOc1cc2[nH]ncc2cc1Nc1ncnc2sc3c(c12)CC[C@H](C(=O)N1CCCC(C#N)C1)C3. The third-order valence-corrected chi connectivity index (χ3v) is 8.37. The topological polar surface area (TPSA) is 120 Å². The molecule has 2 aliphatic rings. The molecule has 1 aliphatic carbocycles. The molecule has 36 heavy (non-hydrogen) atoms. The summed E-state index contributed by atoms with van der Waals surface area (Å²) in [6.07, 6.45) is 7.49. The van der Waals surface area contributed by atoms with Crippen molar-refractivity contribution in [2.24, 2.45) is 11.8 Å². The Morgan fingerprint density at radius 1 is 1.36 bits per heavy atom. The van der Waals surface area contributed by atoms with Gasteiger partial charge in [-0.15, -0.1) is 11.3 Å². The minimum atomic E-state index is -0.0436. The van der Waals surface area contributed by atoms with Crippen molar-refractivity contribution in [1.29, 1.82) is 5.26 Å². The Morgan fingerprint density at radius 3 is 3.14 bits per heavy atom. The maximum atomic E-state index is 13.3. The fourth-order valence-electron chi connectivity index (χ4n) is 5.43. The molecule has 2 atom stereocenters. The zero-order chi connectivity index (χ0) is 24.6. The Bertz CT molecular complexity index is 1490. The first-order chi connectivity index (χ1) is 17.6. The predicted molar refractivity (Wildman–Crippen MR) is 138 cm³/mol. The predicted octanol–water partition coefficient (Wildman–Crippen LogP) is 4.58. The maximum Gasteiger partial charge on any atom is 0.226 e. The van der Waals surface area contributed by atoms with Crippen LogP contribution in [0.2, 0.25) is 0 Å². The molecule has 0 spiro atoms. The van der Waals surface area contributed by atoms with Gasteiger partial charge in [0, 0.05) is 35.3 Å². The number of piperidine rings is 1. The van der Waals surface area contributed by atoms with Crippen LogP contribution in [0, 0.1) is 23.2 Å². The summed E-state index contributed by atoms with van der Waals surface area (Å²) < 4.78 is 5.89. The van der Waals surface area contributed by atoms with Crippen LogP contribution >= 0.6 is 11.3 Å². The number of likely N-dealkylation sites (tertiary alicyclic amines) is 1. The summed E-state index contributed by atoms with van der Waals surface area (Å²) in [5.74, 6) is 1.59. The lowest BCUT2D eigenvalue weighted by atomic mass is 9.86. The molecule has 1 amide bonds. The van der Waals surface area contributed by atoms with Crippen LogP contribution in [-0.4, -0.2) is 50.7 Å². The van der Waals surface area contributed by atoms with Crippen LogP contribution in [0.3, 0.4) is 0 Å². The normalized spacial score (nSPS) is 19.7. The molecule has 0 saturated carbocycles. The molecule has 1 aliphatic heterocycles. The molecule has 10 heteroatoms. The zero-order valence-corrected chi connectivity index (χ0v) is 20.9. The third-order valence-electron chi connectivity index (χ3n) is 7.20. The molecule has 1 saturated heterocycles. The number of aryl methyl sites for hydroxylation is 1. The molecule has 3 aromatic heterocycles. The fraction of sp³-hybridized carbons (Fsp3) is 0.423. The molecule has 4 aromatic rings. The quantitative estimate of drug-likeness (QED) is 0.411. The number of nitriles is 1. The van der Waals surface area contributed by atoms with Crippen molar-refractivity contribution in [3.63, 3.8) is 0 Å². The van der Waals surface area contributed by atoms with Crippen molar-refractivity contribution in [1.82, 2.24) is 25.1 Å². The van der Waals surface area contributed by atoms with E-state index in [0.717, 1.165) is 70.6 Å². The number of amides is 1. The molecule has 9 nitrogen and oxygen atoms in total. The van der Waals surface area contributed by atoms with E-state index in [-0.39, 0.29) is 17.7 Å². The highest BCUT2D eigenvalue weighted by molar-refractivity contribution is 7.19. The van der Waals surface area contributed by atoms with Gasteiger partial charge in [0.05, 0.1) is 41.4 Å². The summed E-state index contributed by atoms with van der Waals surface area (Å²) in [6, 6.07) is 6.30. The first-order valence-corrected chi connectivity index (χ1v) is 13.3. The molecule has 2 N–H and O–H groups in total. The molecule has 184 valence electrons. The molecule has 0 radical (unpaired) electrons. The number of ether oxygens (including phenoxy) is 1. The Hall–Kier alpha value is -3.71. The molecule has 6 rings (SSSR count). The lowest BCUT2D eigenvalue weighted by Gasteiger charge is -2.33. The summed E-state index contributed by atoms with van der Waals surface area (Å²) in [7, 11) is 0. The lowest BCUT2D eigenvalue weighted by molar-refractivity contribution is -0.137. The molecule has 1 aromatic carbocycles. The Kier molecular flexibility index (Phi) is 5.93. The second-order valence-corrected chi connectivity index (χ2v) is 10.5. The van der Waals surface area contributed by atoms with Gasteiger partial charge in [-0.2, -0.15) is 10.4 Å². The number of H-pyrrole nitrogens is 1. The van der Waals surface area contributed by atoms with Crippen LogP contribution in [0.15, 0.2) is 24.7 Å². The molecule has 0 bridgehead atoms. The van der Waals surface area contributed by atoms with Crippen LogP contribution in [0.5, 0.6) is 5.75 Å². The zero-order valence-electron chi connectivity index (χ0n) is 20.1. The number of thiophene rings is 1. The molecular weight excluding hydrogens is 474 g/mol. The van der Waals surface area contributed by atoms with Gasteiger partial charge in [-0.25, -0.2) is 9.97 Å². The summed E-state index contributed by atoms with van der Waals surface area (Å²) >= 11 is 1.66. The molecule has 1 fully saturated rings. The minimum absolute atomic E-state index is 0.0413. The van der Waals surface area contributed by atoms with E-state index in [1.807, 2.05) is 24.0 Å². The number of aromatic nitrogens is 4. The highest BCUT2D eigenvalue weighted by Gasteiger charge is 2.33. The van der Waals surface area contributed by atoms with Crippen LogP contribution in [0.25, 0.3) is 21.1 Å². The van der Waals surface area contributed by atoms with Gasteiger partial charge in [0.2, 0.25) is 5.91 Å². The molecular formula is C26H27N7O2S. The van der Waals surface area contributed by atoms with Gasteiger partial charge in [0.1, 0.15) is 22.7 Å². The number of rotatable bonds is 5. The summed E-state index contributed by atoms with van der Waals surface area (Å²) in [6.45, 7) is 3.83. The monoisotopic (exact) mass is 501 g/mol. The van der Waals surface area contributed by atoms with Crippen LogP contribution < -0.4 is 10.1 Å². The standard InChI is InChI=1S/C26H27N7O2S/c1-2-35-21-10-19-17(12-30-32-19)8-20(21)31-24-23-18-6-5-16(9-22(18)36-25(23)29-14-28-24)26(34)33-7-3-4-15(11-27)13-33/h8,10,12,14-16H,2-7,9,13H2,1H3,(H,30,32)(H,28,29,31)/t15?,16-/m0/s1. The van der Waals surface area contributed by atoms with Crippen molar-refractivity contribution < 1.29 is 9.53 Å². The van der Waals surface area contributed by atoms with E-state index in [9.17, 15) is 10.1 Å². The first kappa shape index (κ1) is 22.7. The van der Waals surface area contributed by atoms with E-state index >= 15 is 0 Å². The van der Waals surface area contributed by atoms with E-state index < -0.39 is 0 Å². The molecule has 4 heterocycles. The van der Waals surface area contributed by atoms with E-state index in [1.54, 1.807) is 23.9 Å². The summed E-state index contributed by atoms with van der Waals surface area (Å²) in [4.78, 5) is 26.5. The average Bonchev–Trinajstić information content (AvgIpc) is 3.52. The summed E-state index contributed by atoms with van der Waals surface area (Å²) in [5, 5.41) is 21.9. The van der Waals surface area contributed by atoms with Crippen LogP contribution in [0.4, 0.5) is 11.5 Å². The largest absolute Gasteiger partial charge is 0.492 e. The number of anilines is 2. The minimum Gasteiger partial charge on any atom is -0.492 e. The van der Waals surface area contributed by atoms with E-state index in [0.29, 0.717) is 19.6 Å². The molecule has 1 unspecified atom stereocenters. The number of nitrogens with one attached hydrogen (secondary N) is 2. The number of carbonyl (C=O) groups is 1. The number of nitrogens with zero attached hydrogens (tertiary/aromatic N) is 5. The van der Waals surface area contributed by atoms with Gasteiger partial charge in [0.15, 0.2) is 0 Å². The number of hydrogen-bond acceptors (Lipinski definition) is 8. The third kappa shape index (κ3) is 4.03. The Morgan fingerprint density at radius 2 is 2.28 bits per heavy atom. The van der Waals surface area contributed by atoms with Gasteiger partial charge < -0.3 is 15.0 Å². The first-order valence-electron chi connectivity index (χ1n) is 12.4. The van der Waals surface area contributed by atoms with Crippen molar-refractivity contribution in [2.45, 2.75) is 39.0 Å². The highest BCUT2D eigenvalue weighted by Crippen LogP contribution is 2.42. The van der Waals surface area contributed by atoms with E-state index in [1.165, 1.54) is 10.4 Å². The Labute approximate surface area is 212 Å². The van der Waals surface area contributed by atoms with E-state index in [4.69, 9.17) is 4.74 Å². The number of benzene rings is 1. The second kappa shape index (κ2) is 9.39. The van der Waals surface area contributed by atoms with Crippen LogP contribution in [-0.2, 0) is 17.6 Å². The maximum absolute atomic E-state index is 13.3. The van der Waals surface area contributed by atoms with Crippen molar-refractivity contribution in [2.75, 3.05) is 25.0 Å². The number of fused-ring (bicyclic) bond motifs is 4. The lowest BCUT2D eigenvalue weighted by Crippen LogP contribution is -2.43. The van der Waals surface area contributed by atoms with Crippen molar-refractivity contribution in [3.8, 4) is 11.8 Å². The van der Waals surface area contributed by atoms with Gasteiger partial charge in [-0.05, 0) is 50.7 Å². The fourth-order valence-corrected chi connectivity index (χ4v) is 6.70. The van der Waals surface area contributed by atoms with Gasteiger partial charge in [-0.1, -0.05) is 0 Å². The second-order valence-electron chi connectivity index (χ2n) is 9.46. The van der Waals surface area contributed by atoms with Gasteiger partial charge in [-0.3, -0.25) is 9.89 Å². The van der Waals surface area contributed by atoms with E-state index in [2.05, 4.69) is 31.6 Å². The highest BCUT2D eigenvalue weighted by atomic mass is 32.1.